The van der Waals surface area contributed by atoms with Crippen LogP contribution >= 0.6 is 34.8 Å². The Morgan fingerprint density at radius 1 is 1.27 bits per heavy atom. The second-order valence-corrected chi connectivity index (χ2v) is 6.92. The molecule has 0 aromatic heterocycles. The van der Waals surface area contributed by atoms with Crippen LogP contribution in [-0.4, -0.2) is 15.6 Å². The molecular formula is C15H17Cl3N2O2. The quantitative estimate of drug-likeness (QED) is 0.581. The van der Waals surface area contributed by atoms with Gasteiger partial charge >= 0.3 is 0 Å². The van der Waals surface area contributed by atoms with E-state index in [1.54, 1.807) is 6.20 Å². The molecule has 0 radical (unpaired) electrons. The molecule has 1 aliphatic rings. The SMILES string of the molecule is CCCCOc1ccc(C=CN2NC=C(C(Cl)(Cl)Cl)O2)cc1. The lowest BCUT2D eigenvalue weighted by Gasteiger charge is -2.15. The Balaban J connectivity index is 1.84. The first-order valence-corrected chi connectivity index (χ1v) is 8.04. The van der Waals surface area contributed by atoms with Crippen molar-refractivity contribution in [3.63, 3.8) is 0 Å². The van der Waals surface area contributed by atoms with Gasteiger partial charge in [-0.25, -0.2) is 0 Å². The van der Waals surface area contributed by atoms with E-state index in [-0.39, 0.29) is 5.76 Å². The summed E-state index contributed by atoms with van der Waals surface area (Å²) in [6.07, 6.45) is 7.21. The van der Waals surface area contributed by atoms with Crippen molar-refractivity contribution < 1.29 is 9.57 Å². The summed E-state index contributed by atoms with van der Waals surface area (Å²) in [5.74, 6) is 1.07. The summed E-state index contributed by atoms with van der Waals surface area (Å²) in [4.78, 5) is 5.31. The molecule has 1 aromatic rings. The lowest BCUT2D eigenvalue weighted by atomic mass is 10.2. The number of ether oxygens (including phenoxy) is 1. The fourth-order valence-electron chi connectivity index (χ4n) is 1.65. The van der Waals surface area contributed by atoms with Crippen LogP contribution in [0.1, 0.15) is 25.3 Å². The van der Waals surface area contributed by atoms with Crippen LogP contribution in [0.2, 0.25) is 0 Å². The number of hydrazine groups is 1. The van der Waals surface area contributed by atoms with Crippen molar-refractivity contribution in [2.45, 2.75) is 23.6 Å². The minimum atomic E-state index is -1.59. The van der Waals surface area contributed by atoms with Gasteiger partial charge in [0.2, 0.25) is 5.76 Å². The Hall–Kier alpha value is -1.23. The molecule has 0 fully saturated rings. The van der Waals surface area contributed by atoms with E-state index >= 15 is 0 Å². The van der Waals surface area contributed by atoms with Crippen LogP contribution in [0.15, 0.2) is 42.4 Å². The molecule has 4 nitrogen and oxygen atoms in total. The summed E-state index contributed by atoms with van der Waals surface area (Å²) < 4.78 is 4.02. The zero-order valence-electron chi connectivity index (χ0n) is 12.1. The van der Waals surface area contributed by atoms with Gasteiger partial charge in [-0.15, -0.1) is 5.17 Å². The average molecular weight is 364 g/mol. The number of rotatable bonds is 6. The maximum absolute atomic E-state index is 5.72. The highest BCUT2D eigenvalue weighted by molar-refractivity contribution is 6.69. The number of benzene rings is 1. The van der Waals surface area contributed by atoms with Crippen LogP contribution in [0, 0.1) is 0 Å². The van der Waals surface area contributed by atoms with Crippen molar-refractivity contribution in [1.29, 1.82) is 0 Å². The first-order chi connectivity index (χ1) is 10.5. The summed E-state index contributed by atoms with van der Waals surface area (Å²) >= 11 is 17.2. The predicted molar refractivity (Wildman–Crippen MR) is 90.3 cm³/mol. The molecule has 120 valence electrons. The maximum Gasteiger partial charge on any atom is 0.252 e. The smallest absolute Gasteiger partial charge is 0.252 e. The standard InChI is InChI=1S/C15H17Cl3N2O2/c1-2-3-10-21-13-6-4-12(5-7-13)8-9-20-19-11-14(22-20)15(16,17)18/h4-9,11,19H,2-3,10H2,1H3. The molecule has 1 aliphatic heterocycles. The molecule has 0 saturated heterocycles. The van der Waals surface area contributed by atoms with E-state index in [1.807, 2.05) is 30.3 Å². The van der Waals surface area contributed by atoms with E-state index < -0.39 is 3.79 Å². The molecule has 0 unspecified atom stereocenters. The van der Waals surface area contributed by atoms with Crippen LogP contribution in [0.3, 0.4) is 0 Å². The van der Waals surface area contributed by atoms with E-state index in [0.717, 1.165) is 30.8 Å². The third-order valence-corrected chi connectivity index (χ3v) is 3.41. The van der Waals surface area contributed by atoms with Crippen molar-refractivity contribution >= 4 is 40.9 Å². The van der Waals surface area contributed by atoms with Crippen molar-refractivity contribution in [2.24, 2.45) is 0 Å². The summed E-state index contributed by atoms with van der Waals surface area (Å²) in [5.41, 5.74) is 3.81. The normalized spacial score (nSPS) is 14.7. The first-order valence-electron chi connectivity index (χ1n) is 6.91. The van der Waals surface area contributed by atoms with Gasteiger partial charge < -0.3 is 9.57 Å². The van der Waals surface area contributed by atoms with Crippen molar-refractivity contribution in [1.82, 2.24) is 10.6 Å². The number of hydrogen-bond donors (Lipinski definition) is 1. The third-order valence-electron chi connectivity index (χ3n) is 2.85. The minimum absolute atomic E-state index is 0.210. The topological polar surface area (TPSA) is 33.7 Å². The van der Waals surface area contributed by atoms with Gasteiger partial charge in [-0.05, 0) is 30.2 Å². The molecule has 1 N–H and O–H groups in total. The number of hydrogen-bond acceptors (Lipinski definition) is 4. The molecule has 22 heavy (non-hydrogen) atoms. The number of alkyl halides is 3. The molecule has 7 heteroatoms. The van der Waals surface area contributed by atoms with Gasteiger partial charge in [-0.1, -0.05) is 60.3 Å². The minimum Gasteiger partial charge on any atom is -0.494 e. The summed E-state index contributed by atoms with van der Waals surface area (Å²) in [5, 5.41) is 1.35. The molecule has 0 bridgehead atoms. The third kappa shape index (κ3) is 5.20. The van der Waals surface area contributed by atoms with E-state index in [2.05, 4.69) is 12.3 Å². The highest BCUT2D eigenvalue weighted by Gasteiger charge is 2.33. The fourth-order valence-corrected chi connectivity index (χ4v) is 1.92. The van der Waals surface area contributed by atoms with Gasteiger partial charge in [0.05, 0.1) is 19.0 Å². The lowest BCUT2D eigenvalue weighted by Crippen LogP contribution is -2.23. The number of nitrogens with zero attached hydrogens (tertiary/aromatic N) is 1. The zero-order chi connectivity index (χ0) is 16.0. The highest BCUT2D eigenvalue weighted by Crippen LogP contribution is 2.36. The Morgan fingerprint density at radius 3 is 2.59 bits per heavy atom. The van der Waals surface area contributed by atoms with Gasteiger partial charge in [0.1, 0.15) is 5.75 Å². The molecular weight excluding hydrogens is 347 g/mol. The lowest BCUT2D eigenvalue weighted by molar-refractivity contribution is -0.0801. The van der Waals surface area contributed by atoms with Gasteiger partial charge in [0, 0.05) is 0 Å². The molecule has 2 rings (SSSR count). The van der Waals surface area contributed by atoms with E-state index in [1.165, 1.54) is 11.4 Å². The van der Waals surface area contributed by atoms with Gasteiger partial charge in [-0.2, -0.15) is 0 Å². The van der Waals surface area contributed by atoms with Gasteiger partial charge in [0.25, 0.3) is 3.79 Å². The van der Waals surface area contributed by atoms with Crippen molar-refractivity contribution in [3.05, 3.63) is 48.0 Å². The molecule has 1 heterocycles. The number of allylic oxidation sites excluding steroid dienone is 1. The zero-order valence-corrected chi connectivity index (χ0v) is 14.3. The average Bonchev–Trinajstić information content (AvgIpc) is 2.96. The molecule has 0 amide bonds. The second-order valence-electron chi connectivity index (χ2n) is 4.64. The number of halogens is 3. The largest absolute Gasteiger partial charge is 0.494 e. The van der Waals surface area contributed by atoms with Gasteiger partial charge in [-0.3, -0.25) is 5.43 Å². The van der Waals surface area contributed by atoms with Gasteiger partial charge in [0.15, 0.2) is 0 Å². The van der Waals surface area contributed by atoms with E-state index in [4.69, 9.17) is 44.4 Å². The second kappa shape index (κ2) is 7.86. The molecule has 0 saturated carbocycles. The van der Waals surface area contributed by atoms with Crippen molar-refractivity contribution in [2.75, 3.05) is 6.61 Å². The van der Waals surface area contributed by atoms with E-state index in [0.29, 0.717) is 0 Å². The summed E-state index contributed by atoms with van der Waals surface area (Å²) in [6.45, 7) is 2.87. The molecule has 0 spiro atoms. The highest BCUT2D eigenvalue weighted by atomic mass is 35.6. The van der Waals surface area contributed by atoms with Crippen LogP contribution < -0.4 is 10.2 Å². The van der Waals surface area contributed by atoms with Crippen LogP contribution in [0.25, 0.3) is 6.08 Å². The number of unbranched alkanes of at least 4 members (excludes halogenated alkanes) is 1. The Kier molecular flexibility index (Phi) is 6.12. The van der Waals surface area contributed by atoms with Crippen LogP contribution in [0.5, 0.6) is 5.75 Å². The van der Waals surface area contributed by atoms with Crippen LogP contribution in [-0.2, 0) is 4.84 Å². The molecule has 0 atom stereocenters. The number of hydroxylamine groups is 1. The fraction of sp³-hybridized carbons (Fsp3) is 0.333. The van der Waals surface area contributed by atoms with E-state index in [9.17, 15) is 0 Å². The number of nitrogens with one attached hydrogen (secondary N) is 1. The Bertz CT molecular complexity index is 539. The first kappa shape index (κ1) is 17.1. The predicted octanol–water partition coefficient (Wildman–Crippen LogP) is 4.80. The molecule has 1 aromatic carbocycles. The Labute approximate surface area is 145 Å². The van der Waals surface area contributed by atoms with Crippen LogP contribution in [0.4, 0.5) is 0 Å². The van der Waals surface area contributed by atoms with Crippen molar-refractivity contribution in [3.8, 4) is 5.75 Å². The monoisotopic (exact) mass is 362 g/mol. The maximum atomic E-state index is 5.72. The summed E-state index contributed by atoms with van der Waals surface area (Å²) in [7, 11) is 0. The summed E-state index contributed by atoms with van der Waals surface area (Å²) in [6, 6.07) is 7.77. The Morgan fingerprint density at radius 2 is 2.00 bits per heavy atom. The molecule has 0 aliphatic carbocycles.